The Morgan fingerprint density at radius 2 is 1.69 bits per heavy atom. The van der Waals surface area contributed by atoms with Crippen LogP contribution in [0.5, 0.6) is 17.2 Å². The smallest absolute Gasteiger partial charge is 0.226 e. The fourth-order valence-electron chi connectivity index (χ4n) is 4.01. The van der Waals surface area contributed by atoms with Crippen LogP contribution >= 0.6 is 11.8 Å². The second kappa shape index (κ2) is 12.8. The molecule has 0 aliphatic heterocycles. The van der Waals surface area contributed by atoms with E-state index in [0.29, 0.717) is 56.2 Å². The molecule has 0 aliphatic rings. The summed E-state index contributed by atoms with van der Waals surface area (Å²) in [6.07, 6.45) is 1.88. The number of carbonyl (C=O) groups is 1. The van der Waals surface area contributed by atoms with Gasteiger partial charge in [0, 0.05) is 29.5 Å². The Bertz CT molecular complexity index is 1490. The highest BCUT2D eigenvalue weighted by Gasteiger charge is 2.20. The van der Waals surface area contributed by atoms with Crippen LogP contribution in [0, 0.1) is 18.3 Å². The maximum Gasteiger partial charge on any atom is 0.226 e. The fraction of sp³-hybridized carbons (Fsp3) is 0.200. The van der Waals surface area contributed by atoms with E-state index < -0.39 is 0 Å². The number of amides is 1. The molecule has 0 bridgehead atoms. The van der Waals surface area contributed by atoms with Crippen LogP contribution in [0.15, 0.2) is 71.9 Å². The van der Waals surface area contributed by atoms with Crippen molar-refractivity contribution in [3.05, 3.63) is 78.0 Å². The van der Waals surface area contributed by atoms with Crippen LogP contribution in [0.3, 0.4) is 0 Å². The van der Waals surface area contributed by atoms with E-state index >= 15 is 0 Å². The monoisotopic (exact) mass is 540 g/mol. The van der Waals surface area contributed by atoms with Crippen molar-refractivity contribution in [1.29, 1.82) is 5.26 Å². The van der Waals surface area contributed by atoms with Crippen molar-refractivity contribution in [3.8, 4) is 45.7 Å². The highest BCUT2D eigenvalue weighted by molar-refractivity contribution is 7.99. The van der Waals surface area contributed by atoms with Crippen molar-refractivity contribution in [2.24, 2.45) is 0 Å². The van der Waals surface area contributed by atoms with Crippen LogP contribution in [0.4, 0.5) is 5.82 Å². The molecule has 0 radical (unpaired) electrons. The molecule has 0 atom stereocenters. The number of nitriles is 1. The van der Waals surface area contributed by atoms with Crippen molar-refractivity contribution >= 4 is 23.5 Å². The Morgan fingerprint density at radius 3 is 2.31 bits per heavy atom. The number of pyridine rings is 2. The molecule has 4 rings (SSSR count). The molecule has 8 nitrogen and oxygen atoms in total. The Labute approximate surface area is 232 Å². The Kier molecular flexibility index (Phi) is 9.02. The number of aryl methyl sites for hydroxylation is 1. The van der Waals surface area contributed by atoms with Gasteiger partial charge in [-0.3, -0.25) is 4.79 Å². The van der Waals surface area contributed by atoms with Crippen molar-refractivity contribution in [1.82, 2.24) is 9.97 Å². The number of aromatic nitrogens is 2. The molecule has 0 unspecified atom stereocenters. The quantitative estimate of drug-likeness (QED) is 0.239. The number of ether oxygens (including phenoxy) is 3. The first-order valence-corrected chi connectivity index (χ1v) is 13.1. The zero-order chi connectivity index (χ0) is 27.8. The van der Waals surface area contributed by atoms with Gasteiger partial charge in [0.25, 0.3) is 0 Å². The van der Waals surface area contributed by atoms with Gasteiger partial charge >= 0.3 is 0 Å². The number of thioether (sulfide) groups is 1. The molecule has 1 N–H and O–H groups in total. The predicted molar refractivity (Wildman–Crippen MR) is 152 cm³/mol. The lowest BCUT2D eigenvalue weighted by molar-refractivity contribution is -0.115. The van der Waals surface area contributed by atoms with Crippen LogP contribution in [0.2, 0.25) is 0 Å². The lowest BCUT2D eigenvalue weighted by Crippen LogP contribution is -2.13. The lowest BCUT2D eigenvalue weighted by atomic mass is 9.98. The number of nitrogens with one attached hydrogen (secondary N) is 1. The van der Waals surface area contributed by atoms with Crippen molar-refractivity contribution in [3.63, 3.8) is 0 Å². The first-order valence-electron chi connectivity index (χ1n) is 12.1. The summed E-state index contributed by atoms with van der Waals surface area (Å²) in [5, 5.41) is 13.6. The maximum absolute atomic E-state index is 12.6. The van der Waals surface area contributed by atoms with Gasteiger partial charge in [-0.05, 0) is 48.4 Å². The molecule has 198 valence electrons. The Morgan fingerprint density at radius 1 is 0.974 bits per heavy atom. The van der Waals surface area contributed by atoms with Crippen LogP contribution in [-0.2, 0) is 4.79 Å². The van der Waals surface area contributed by atoms with Gasteiger partial charge in [-0.25, -0.2) is 9.97 Å². The van der Waals surface area contributed by atoms with E-state index in [0.717, 1.165) is 11.1 Å². The second-order valence-electron chi connectivity index (χ2n) is 8.49. The number of anilines is 1. The van der Waals surface area contributed by atoms with E-state index in [4.69, 9.17) is 19.2 Å². The molecule has 0 fully saturated rings. The minimum Gasteiger partial charge on any atom is -0.493 e. The number of nitrogens with zero attached hydrogens (tertiary/aromatic N) is 3. The van der Waals surface area contributed by atoms with Gasteiger partial charge in [0.2, 0.25) is 11.7 Å². The number of hydrogen-bond acceptors (Lipinski definition) is 8. The molecule has 39 heavy (non-hydrogen) atoms. The van der Waals surface area contributed by atoms with Gasteiger partial charge in [0.1, 0.15) is 16.9 Å². The molecular weight excluding hydrogens is 512 g/mol. The van der Waals surface area contributed by atoms with Crippen LogP contribution in [-0.4, -0.2) is 43.0 Å². The molecule has 9 heteroatoms. The van der Waals surface area contributed by atoms with E-state index in [1.54, 1.807) is 27.5 Å². The summed E-state index contributed by atoms with van der Waals surface area (Å²) < 4.78 is 16.6. The standard InChI is InChI=1S/C30H28N4O4S/c1-19-10-12-32-27(14-19)34-28(35)11-13-39-30-23(18-31)22(17-24(33-30)20-8-6-5-7-9-20)21-15-25(36-2)29(38-4)26(16-21)37-3/h5-10,12,14-17H,11,13H2,1-4H3,(H,32,34,35). The van der Waals surface area contributed by atoms with Crippen LogP contribution < -0.4 is 19.5 Å². The third-order valence-electron chi connectivity index (χ3n) is 5.89. The average Bonchev–Trinajstić information content (AvgIpc) is 2.96. The second-order valence-corrected chi connectivity index (χ2v) is 9.58. The largest absolute Gasteiger partial charge is 0.493 e. The maximum atomic E-state index is 12.6. The van der Waals surface area contributed by atoms with Gasteiger partial charge in [-0.15, -0.1) is 11.8 Å². The van der Waals surface area contributed by atoms with E-state index in [1.807, 2.05) is 67.6 Å². The van der Waals surface area contributed by atoms with Crippen molar-refractivity contribution in [2.75, 3.05) is 32.4 Å². The van der Waals surface area contributed by atoms with E-state index in [1.165, 1.54) is 11.8 Å². The molecule has 0 aliphatic carbocycles. The number of carbonyl (C=O) groups excluding carboxylic acids is 1. The average molecular weight is 541 g/mol. The summed E-state index contributed by atoms with van der Waals surface area (Å²) in [6.45, 7) is 1.94. The third kappa shape index (κ3) is 6.48. The topological polar surface area (TPSA) is 106 Å². The van der Waals surface area contributed by atoms with Gasteiger partial charge in [-0.1, -0.05) is 30.3 Å². The van der Waals surface area contributed by atoms with Crippen LogP contribution in [0.25, 0.3) is 22.4 Å². The molecule has 0 saturated heterocycles. The van der Waals surface area contributed by atoms with Gasteiger partial charge in [-0.2, -0.15) is 5.26 Å². The van der Waals surface area contributed by atoms with E-state index in [2.05, 4.69) is 16.4 Å². The minimum absolute atomic E-state index is 0.164. The van der Waals surface area contributed by atoms with E-state index in [-0.39, 0.29) is 12.3 Å². The molecule has 2 aromatic carbocycles. The third-order valence-corrected chi connectivity index (χ3v) is 6.87. The molecule has 2 aromatic heterocycles. The highest BCUT2D eigenvalue weighted by Crippen LogP contribution is 2.43. The van der Waals surface area contributed by atoms with Gasteiger partial charge < -0.3 is 19.5 Å². The SMILES string of the molecule is COc1cc(-c2cc(-c3ccccc3)nc(SCCC(=O)Nc3cc(C)ccn3)c2C#N)cc(OC)c1OC. The predicted octanol–water partition coefficient (Wildman–Crippen LogP) is 6.14. The lowest BCUT2D eigenvalue weighted by Gasteiger charge is -2.16. The molecule has 4 aromatic rings. The first-order chi connectivity index (χ1) is 19.0. The summed E-state index contributed by atoms with van der Waals surface area (Å²) in [5.41, 5.74) is 4.40. The summed E-state index contributed by atoms with van der Waals surface area (Å²) in [4.78, 5) is 21.6. The van der Waals surface area contributed by atoms with Crippen LogP contribution in [0.1, 0.15) is 17.5 Å². The van der Waals surface area contributed by atoms with Gasteiger partial charge in [0.05, 0.1) is 32.6 Å². The zero-order valence-corrected chi connectivity index (χ0v) is 23.0. The summed E-state index contributed by atoms with van der Waals surface area (Å²) in [5.74, 6) is 2.18. The zero-order valence-electron chi connectivity index (χ0n) is 22.1. The summed E-state index contributed by atoms with van der Waals surface area (Å²) in [6, 6.07) is 21.2. The van der Waals surface area contributed by atoms with Gasteiger partial charge in [0.15, 0.2) is 11.5 Å². The number of hydrogen-bond donors (Lipinski definition) is 1. The number of methoxy groups -OCH3 is 3. The molecular formula is C30H28N4O4S. The minimum atomic E-state index is -0.164. The Hall–Kier alpha value is -4.55. The first kappa shape index (κ1) is 27.5. The number of rotatable bonds is 10. The fourth-order valence-corrected chi connectivity index (χ4v) is 4.95. The summed E-state index contributed by atoms with van der Waals surface area (Å²) in [7, 11) is 4.64. The van der Waals surface area contributed by atoms with Crippen molar-refractivity contribution in [2.45, 2.75) is 18.4 Å². The molecule has 1 amide bonds. The number of benzene rings is 2. The Balaban J connectivity index is 1.70. The molecule has 0 spiro atoms. The molecule has 0 saturated carbocycles. The summed E-state index contributed by atoms with van der Waals surface area (Å²) >= 11 is 1.36. The van der Waals surface area contributed by atoms with Crippen molar-refractivity contribution < 1.29 is 19.0 Å². The van der Waals surface area contributed by atoms with E-state index in [9.17, 15) is 10.1 Å². The normalized spacial score (nSPS) is 10.4. The molecule has 2 heterocycles. The highest BCUT2D eigenvalue weighted by atomic mass is 32.2.